The van der Waals surface area contributed by atoms with Crippen molar-refractivity contribution in [3.8, 4) is 0 Å². The lowest BCUT2D eigenvalue weighted by Crippen LogP contribution is -2.21. The van der Waals surface area contributed by atoms with Crippen LogP contribution in [-0.2, 0) is 14.3 Å². The van der Waals surface area contributed by atoms with Crippen LogP contribution in [0.1, 0.15) is 39.5 Å². The van der Waals surface area contributed by atoms with Crippen LogP contribution in [0.3, 0.4) is 0 Å². The first-order valence-corrected chi connectivity index (χ1v) is 6.62. The van der Waals surface area contributed by atoms with Gasteiger partial charge in [0.1, 0.15) is 0 Å². The fraction of sp³-hybridized carbons (Fsp3) is 0.786. The van der Waals surface area contributed by atoms with E-state index >= 15 is 0 Å². The molecule has 98 valence electrons. The second kappa shape index (κ2) is 8.29. The molecule has 0 radical (unpaired) electrons. The summed E-state index contributed by atoms with van der Waals surface area (Å²) in [5.74, 6) is 1.03. The maximum atomic E-state index is 11.5. The lowest BCUT2D eigenvalue weighted by atomic mass is 9.85. The van der Waals surface area contributed by atoms with E-state index in [0.29, 0.717) is 38.1 Å². The number of allylic oxidation sites excluding steroid dienone is 2. The molecule has 0 fully saturated rings. The highest BCUT2D eigenvalue weighted by molar-refractivity contribution is 5.69. The third-order valence-corrected chi connectivity index (χ3v) is 3.25. The molecule has 0 N–H and O–H groups in total. The molecule has 0 saturated carbocycles. The third-order valence-electron chi connectivity index (χ3n) is 3.25. The molecular formula is C14H24O3. The molecule has 0 heterocycles. The highest BCUT2D eigenvalue weighted by Gasteiger charge is 2.19. The molecule has 1 aliphatic rings. The Morgan fingerprint density at radius 3 is 2.82 bits per heavy atom. The zero-order chi connectivity index (χ0) is 12.5. The highest BCUT2D eigenvalue weighted by atomic mass is 16.5. The lowest BCUT2D eigenvalue weighted by Gasteiger charge is -2.24. The van der Waals surface area contributed by atoms with Gasteiger partial charge in [0.2, 0.25) is 0 Å². The maximum Gasteiger partial charge on any atom is 0.305 e. The summed E-state index contributed by atoms with van der Waals surface area (Å²) in [4.78, 5) is 11.5. The van der Waals surface area contributed by atoms with Gasteiger partial charge in [0, 0.05) is 19.6 Å². The van der Waals surface area contributed by atoms with E-state index in [4.69, 9.17) is 9.47 Å². The normalized spacial score (nSPS) is 23.6. The van der Waals surface area contributed by atoms with Crippen molar-refractivity contribution in [2.75, 3.05) is 19.8 Å². The molecule has 0 saturated heterocycles. The van der Waals surface area contributed by atoms with E-state index in [1.807, 2.05) is 6.92 Å². The minimum absolute atomic E-state index is 0.0912. The van der Waals surface area contributed by atoms with Crippen LogP contribution in [0.15, 0.2) is 12.2 Å². The predicted molar refractivity (Wildman–Crippen MR) is 67.7 cm³/mol. The first-order valence-electron chi connectivity index (χ1n) is 6.62. The summed E-state index contributed by atoms with van der Waals surface area (Å²) in [6.45, 7) is 6.10. The van der Waals surface area contributed by atoms with Gasteiger partial charge < -0.3 is 9.47 Å². The van der Waals surface area contributed by atoms with Gasteiger partial charge in [0.25, 0.3) is 0 Å². The molecule has 1 aliphatic carbocycles. The molecular weight excluding hydrogens is 216 g/mol. The first kappa shape index (κ1) is 14.2. The van der Waals surface area contributed by atoms with Crippen molar-refractivity contribution >= 4 is 5.97 Å². The molecule has 0 amide bonds. The number of esters is 1. The molecule has 0 aromatic carbocycles. The second-order valence-electron chi connectivity index (χ2n) is 4.66. The van der Waals surface area contributed by atoms with Gasteiger partial charge in [-0.2, -0.15) is 0 Å². The van der Waals surface area contributed by atoms with Gasteiger partial charge in [-0.1, -0.05) is 19.1 Å². The SMILES string of the molecule is CCOCCCC(=O)OCC1CC=CCC1C. The van der Waals surface area contributed by atoms with Crippen molar-refractivity contribution in [3.63, 3.8) is 0 Å². The molecule has 0 aliphatic heterocycles. The Kier molecular flexibility index (Phi) is 6.94. The monoisotopic (exact) mass is 240 g/mol. The van der Waals surface area contributed by atoms with E-state index in [0.717, 1.165) is 19.3 Å². The van der Waals surface area contributed by atoms with Crippen LogP contribution in [0.2, 0.25) is 0 Å². The summed E-state index contributed by atoms with van der Waals surface area (Å²) in [6, 6.07) is 0. The Morgan fingerprint density at radius 2 is 2.12 bits per heavy atom. The number of hydrogen-bond acceptors (Lipinski definition) is 3. The molecule has 2 atom stereocenters. The highest BCUT2D eigenvalue weighted by Crippen LogP contribution is 2.25. The van der Waals surface area contributed by atoms with Crippen molar-refractivity contribution in [3.05, 3.63) is 12.2 Å². The molecule has 3 nitrogen and oxygen atoms in total. The molecule has 2 unspecified atom stereocenters. The largest absolute Gasteiger partial charge is 0.465 e. The zero-order valence-corrected chi connectivity index (χ0v) is 11.0. The van der Waals surface area contributed by atoms with Gasteiger partial charge >= 0.3 is 5.97 Å². The Bertz CT molecular complexity index is 248. The first-order chi connectivity index (χ1) is 8.24. The van der Waals surface area contributed by atoms with Crippen LogP contribution in [0.25, 0.3) is 0 Å². The summed E-state index contributed by atoms with van der Waals surface area (Å²) >= 11 is 0. The Morgan fingerprint density at radius 1 is 1.35 bits per heavy atom. The summed E-state index contributed by atoms with van der Waals surface area (Å²) in [5, 5.41) is 0. The number of hydrogen-bond donors (Lipinski definition) is 0. The Hall–Kier alpha value is -0.830. The van der Waals surface area contributed by atoms with E-state index in [1.54, 1.807) is 0 Å². The van der Waals surface area contributed by atoms with Crippen LogP contribution in [-0.4, -0.2) is 25.8 Å². The number of rotatable bonds is 7. The molecule has 3 heteroatoms. The average molecular weight is 240 g/mol. The minimum Gasteiger partial charge on any atom is -0.465 e. The lowest BCUT2D eigenvalue weighted by molar-refractivity contribution is -0.145. The van der Waals surface area contributed by atoms with Crippen molar-refractivity contribution in [1.29, 1.82) is 0 Å². The van der Waals surface area contributed by atoms with Crippen LogP contribution in [0.4, 0.5) is 0 Å². The van der Waals surface area contributed by atoms with Gasteiger partial charge in [-0.3, -0.25) is 4.79 Å². The third kappa shape index (κ3) is 5.87. The Balaban J connectivity index is 2.08. The number of ether oxygens (including phenoxy) is 2. The molecule has 1 rings (SSSR count). The van der Waals surface area contributed by atoms with Gasteiger partial charge in [-0.15, -0.1) is 0 Å². The van der Waals surface area contributed by atoms with E-state index in [2.05, 4.69) is 19.1 Å². The van der Waals surface area contributed by atoms with Gasteiger partial charge in [0.15, 0.2) is 0 Å². The topological polar surface area (TPSA) is 35.5 Å². The van der Waals surface area contributed by atoms with Crippen molar-refractivity contribution < 1.29 is 14.3 Å². The van der Waals surface area contributed by atoms with Crippen LogP contribution in [0.5, 0.6) is 0 Å². The van der Waals surface area contributed by atoms with Gasteiger partial charge in [0.05, 0.1) is 6.61 Å². The number of carbonyl (C=O) groups excluding carboxylic acids is 1. The van der Waals surface area contributed by atoms with E-state index in [9.17, 15) is 4.79 Å². The van der Waals surface area contributed by atoms with Crippen molar-refractivity contribution in [2.45, 2.75) is 39.5 Å². The fourth-order valence-electron chi connectivity index (χ4n) is 1.97. The van der Waals surface area contributed by atoms with Gasteiger partial charge in [-0.25, -0.2) is 0 Å². The smallest absolute Gasteiger partial charge is 0.305 e. The molecule has 0 bridgehead atoms. The van der Waals surface area contributed by atoms with Crippen LogP contribution in [0, 0.1) is 11.8 Å². The van der Waals surface area contributed by atoms with Crippen molar-refractivity contribution in [1.82, 2.24) is 0 Å². The zero-order valence-electron chi connectivity index (χ0n) is 11.0. The maximum absolute atomic E-state index is 11.5. The summed E-state index contributed by atoms with van der Waals surface area (Å²) in [7, 11) is 0. The quantitative estimate of drug-likeness (QED) is 0.390. The fourth-order valence-corrected chi connectivity index (χ4v) is 1.97. The predicted octanol–water partition coefficient (Wildman–Crippen LogP) is 2.95. The Labute approximate surface area is 104 Å². The number of carbonyl (C=O) groups is 1. The molecule has 0 aromatic heterocycles. The standard InChI is InChI=1S/C14H24O3/c1-3-16-10-6-9-14(15)17-11-13-8-5-4-7-12(13)2/h4-5,12-13H,3,6-11H2,1-2H3. The van der Waals surface area contributed by atoms with Crippen LogP contribution < -0.4 is 0 Å². The second-order valence-corrected chi connectivity index (χ2v) is 4.66. The van der Waals surface area contributed by atoms with E-state index < -0.39 is 0 Å². The van der Waals surface area contributed by atoms with E-state index in [1.165, 1.54) is 0 Å². The van der Waals surface area contributed by atoms with Crippen LogP contribution >= 0.6 is 0 Å². The summed E-state index contributed by atoms with van der Waals surface area (Å²) in [6.07, 6.45) is 7.77. The summed E-state index contributed by atoms with van der Waals surface area (Å²) < 4.78 is 10.5. The minimum atomic E-state index is -0.0912. The van der Waals surface area contributed by atoms with Crippen molar-refractivity contribution in [2.24, 2.45) is 11.8 Å². The molecule has 17 heavy (non-hydrogen) atoms. The molecule has 0 spiro atoms. The van der Waals surface area contributed by atoms with E-state index in [-0.39, 0.29) is 5.97 Å². The molecule has 0 aromatic rings. The summed E-state index contributed by atoms with van der Waals surface area (Å²) in [5.41, 5.74) is 0. The van der Waals surface area contributed by atoms with Gasteiger partial charge in [-0.05, 0) is 38.0 Å². The average Bonchev–Trinajstić information content (AvgIpc) is 2.34.